The number of hydrogen-bond acceptors (Lipinski definition) is 2. The third-order valence-electron chi connectivity index (χ3n) is 2.43. The van der Waals surface area contributed by atoms with Gasteiger partial charge in [0.05, 0.1) is 0 Å². The maximum Gasteiger partial charge on any atom is 0.0273 e. The van der Waals surface area contributed by atoms with Crippen LogP contribution in [0.1, 0.15) is 43.9 Å². The van der Waals surface area contributed by atoms with Crippen LogP contribution in [0.15, 0.2) is 17.7 Å². The molecule has 0 saturated carbocycles. The molecule has 1 aromatic rings. The average Bonchev–Trinajstić information content (AvgIpc) is 2.61. The van der Waals surface area contributed by atoms with Crippen LogP contribution in [0.3, 0.4) is 0 Å². The molecule has 1 nitrogen and oxygen atoms in total. The molecule has 0 unspecified atom stereocenters. The van der Waals surface area contributed by atoms with Gasteiger partial charge in [0.2, 0.25) is 0 Å². The van der Waals surface area contributed by atoms with E-state index < -0.39 is 0 Å². The van der Waals surface area contributed by atoms with E-state index in [0.717, 1.165) is 6.42 Å². The van der Waals surface area contributed by atoms with Crippen molar-refractivity contribution in [1.82, 2.24) is 0 Å². The zero-order valence-corrected chi connectivity index (χ0v) is 10.9. The zero-order chi connectivity index (χ0) is 11.5. The van der Waals surface area contributed by atoms with Crippen LogP contribution in [0.5, 0.6) is 0 Å². The van der Waals surface area contributed by atoms with Crippen LogP contribution in [-0.4, -0.2) is 6.54 Å². The highest BCUT2D eigenvalue weighted by molar-refractivity contribution is 7.13. The Labute approximate surface area is 97.0 Å². The molecule has 0 saturated heterocycles. The Balaban J connectivity index is 2.90. The number of nitrogens with two attached hydrogens (primary N) is 1. The van der Waals surface area contributed by atoms with Gasteiger partial charge in [0.25, 0.3) is 0 Å². The minimum Gasteiger partial charge on any atom is -0.327 e. The van der Waals surface area contributed by atoms with Crippen molar-refractivity contribution in [3.63, 3.8) is 0 Å². The minimum absolute atomic E-state index is 0.256. The molecule has 1 aromatic heterocycles. The van der Waals surface area contributed by atoms with Gasteiger partial charge in [-0.2, -0.15) is 0 Å². The molecule has 1 rings (SSSR count). The fraction of sp³-hybridized carbons (Fsp3) is 0.538. The molecule has 0 aromatic carbocycles. The molecule has 0 radical (unpaired) electrons. The molecule has 0 aliphatic rings. The molecule has 0 spiro atoms. The summed E-state index contributed by atoms with van der Waals surface area (Å²) in [5.41, 5.74) is 7.23. The molecule has 0 aliphatic heterocycles. The fourth-order valence-corrected chi connectivity index (χ4v) is 2.40. The second kappa shape index (κ2) is 4.95. The predicted molar refractivity (Wildman–Crippen MR) is 70.3 cm³/mol. The van der Waals surface area contributed by atoms with Gasteiger partial charge in [0, 0.05) is 16.3 Å². The fourth-order valence-electron chi connectivity index (χ4n) is 1.34. The van der Waals surface area contributed by atoms with Crippen LogP contribution in [-0.2, 0) is 5.41 Å². The highest BCUT2D eigenvalue weighted by Crippen LogP contribution is 2.30. The molecule has 0 bridgehead atoms. The monoisotopic (exact) mass is 223 g/mol. The molecule has 0 atom stereocenters. The second-order valence-corrected chi connectivity index (χ2v) is 5.93. The third-order valence-corrected chi connectivity index (χ3v) is 3.89. The van der Waals surface area contributed by atoms with Crippen molar-refractivity contribution >= 4 is 17.4 Å². The van der Waals surface area contributed by atoms with E-state index in [4.69, 9.17) is 5.73 Å². The van der Waals surface area contributed by atoms with Crippen LogP contribution in [0.4, 0.5) is 0 Å². The normalized spacial score (nSPS) is 13.3. The van der Waals surface area contributed by atoms with E-state index in [1.165, 1.54) is 15.3 Å². The molecule has 1 heterocycles. The van der Waals surface area contributed by atoms with Gasteiger partial charge >= 0.3 is 0 Å². The van der Waals surface area contributed by atoms with Gasteiger partial charge in [-0.3, -0.25) is 0 Å². The zero-order valence-electron chi connectivity index (χ0n) is 10.1. The van der Waals surface area contributed by atoms with Crippen molar-refractivity contribution in [2.45, 2.75) is 39.5 Å². The van der Waals surface area contributed by atoms with Gasteiger partial charge in [0.1, 0.15) is 0 Å². The van der Waals surface area contributed by atoms with Crippen molar-refractivity contribution in [2.24, 2.45) is 5.73 Å². The van der Waals surface area contributed by atoms with Crippen molar-refractivity contribution in [2.75, 3.05) is 6.54 Å². The summed E-state index contributed by atoms with van der Waals surface area (Å²) in [6.07, 6.45) is 3.26. The third kappa shape index (κ3) is 3.47. The van der Waals surface area contributed by atoms with Crippen molar-refractivity contribution < 1.29 is 0 Å². The lowest BCUT2D eigenvalue weighted by Gasteiger charge is -2.15. The SMILES string of the molecule is CC/C(=C/c1ccc(C(C)(C)C)s1)CN. The van der Waals surface area contributed by atoms with E-state index >= 15 is 0 Å². The highest BCUT2D eigenvalue weighted by atomic mass is 32.1. The van der Waals surface area contributed by atoms with Gasteiger partial charge < -0.3 is 5.73 Å². The topological polar surface area (TPSA) is 26.0 Å². The first-order valence-corrected chi connectivity index (χ1v) is 6.29. The average molecular weight is 223 g/mol. The molecule has 15 heavy (non-hydrogen) atoms. The first kappa shape index (κ1) is 12.5. The quantitative estimate of drug-likeness (QED) is 0.828. The van der Waals surface area contributed by atoms with Crippen LogP contribution < -0.4 is 5.73 Å². The van der Waals surface area contributed by atoms with E-state index in [2.05, 4.69) is 45.9 Å². The maximum absolute atomic E-state index is 5.66. The summed E-state index contributed by atoms with van der Waals surface area (Å²) < 4.78 is 0. The highest BCUT2D eigenvalue weighted by Gasteiger charge is 2.15. The number of rotatable bonds is 3. The molecule has 0 amide bonds. The Kier molecular flexibility index (Phi) is 4.12. The number of thiophene rings is 1. The van der Waals surface area contributed by atoms with Gasteiger partial charge in [-0.1, -0.05) is 33.3 Å². The summed E-state index contributed by atoms with van der Waals surface area (Å²) in [5.74, 6) is 0. The first-order chi connectivity index (χ1) is 6.97. The summed E-state index contributed by atoms with van der Waals surface area (Å²) in [7, 11) is 0. The molecule has 2 heteroatoms. The van der Waals surface area contributed by atoms with E-state index in [1.807, 2.05) is 11.3 Å². The van der Waals surface area contributed by atoms with Gasteiger partial charge in [0.15, 0.2) is 0 Å². The van der Waals surface area contributed by atoms with Crippen molar-refractivity contribution in [3.8, 4) is 0 Å². The lowest BCUT2D eigenvalue weighted by atomic mass is 9.95. The second-order valence-electron chi connectivity index (χ2n) is 4.81. The molecule has 0 aliphatic carbocycles. The Morgan fingerprint density at radius 1 is 1.40 bits per heavy atom. The largest absolute Gasteiger partial charge is 0.327 e. The smallest absolute Gasteiger partial charge is 0.0273 e. The summed E-state index contributed by atoms with van der Waals surface area (Å²) >= 11 is 1.87. The molecular formula is C13H21NS. The molecule has 2 N–H and O–H groups in total. The summed E-state index contributed by atoms with van der Waals surface area (Å²) in [4.78, 5) is 2.75. The lowest BCUT2D eigenvalue weighted by molar-refractivity contribution is 0.604. The lowest BCUT2D eigenvalue weighted by Crippen LogP contribution is -2.07. The van der Waals surface area contributed by atoms with Crippen LogP contribution in [0, 0.1) is 0 Å². The van der Waals surface area contributed by atoms with Crippen molar-refractivity contribution in [3.05, 3.63) is 27.5 Å². The van der Waals surface area contributed by atoms with E-state index in [1.54, 1.807) is 0 Å². The van der Waals surface area contributed by atoms with Crippen molar-refractivity contribution in [1.29, 1.82) is 0 Å². The minimum atomic E-state index is 0.256. The van der Waals surface area contributed by atoms with Crippen LogP contribution in [0.25, 0.3) is 6.08 Å². The van der Waals surface area contributed by atoms with Crippen LogP contribution in [0.2, 0.25) is 0 Å². The Bertz CT molecular complexity index is 336. The van der Waals surface area contributed by atoms with Gasteiger partial charge in [-0.05, 0) is 30.0 Å². The van der Waals surface area contributed by atoms with Gasteiger partial charge in [-0.25, -0.2) is 0 Å². The van der Waals surface area contributed by atoms with E-state index in [0.29, 0.717) is 6.54 Å². The molecule has 0 fully saturated rings. The predicted octanol–water partition coefficient (Wildman–Crippen LogP) is 3.80. The summed E-state index contributed by atoms with van der Waals surface area (Å²) in [6.45, 7) is 9.55. The first-order valence-electron chi connectivity index (χ1n) is 5.47. The summed E-state index contributed by atoms with van der Waals surface area (Å²) in [5, 5.41) is 0. The Hall–Kier alpha value is -0.600. The molecular weight excluding hydrogens is 202 g/mol. The summed E-state index contributed by atoms with van der Waals surface area (Å²) in [6, 6.07) is 4.41. The standard InChI is InChI=1S/C13H21NS/c1-5-10(9-14)8-11-6-7-12(15-11)13(2,3)4/h6-8H,5,9,14H2,1-4H3/b10-8-. The molecule has 84 valence electrons. The maximum atomic E-state index is 5.66. The van der Waals surface area contributed by atoms with Crippen LogP contribution >= 0.6 is 11.3 Å². The van der Waals surface area contributed by atoms with E-state index in [9.17, 15) is 0 Å². The number of hydrogen-bond donors (Lipinski definition) is 1. The Morgan fingerprint density at radius 2 is 2.07 bits per heavy atom. The van der Waals surface area contributed by atoms with E-state index in [-0.39, 0.29) is 5.41 Å². The van der Waals surface area contributed by atoms with Gasteiger partial charge in [-0.15, -0.1) is 11.3 Å². The Morgan fingerprint density at radius 3 is 2.47 bits per heavy atom.